The quantitative estimate of drug-likeness (QED) is 0.298. The molecule has 1 aliphatic heterocycles. The number of alkyl halides is 1. The molecule has 2 heterocycles. The summed E-state index contributed by atoms with van der Waals surface area (Å²) in [6, 6.07) is 8.96. The maximum atomic E-state index is 15.5. The highest BCUT2D eigenvalue weighted by Gasteiger charge is 2.55. The van der Waals surface area contributed by atoms with Crippen molar-refractivity contribution >= 4 is 30.2 Å². The lowest BCUT2D eigenvalue weighted by atomic mass is 9.98. The molecular weight excluding hydrogens is 514 g/mol. The van der Waals surface area contributed by atoms with Gasteiger partial charge in [-0.05, 0) is 57.7 Å². The van der Waals surface area contributed by atoms with Crippen LogP contribution in [0.4, 0.5) is 10.2 Å². The van der Waals surface area contributed by atoms with Crippen molar-refractivity contribution in [3.63, 3.8) is 0 Å². The first kappa shape index (κ1) is 28.2. The topological polar surface area (TPSA) is 147 Å². The second-order valence-electron chi connectivity index (χ2n) is 8.70. The number of halogens is 1. The molecule has 36 heavy (non-hydrogen) atoms. The number of aromatic nitrogens is 2. The van der Waals surface area contributed by atoms with Crippen molar-refractivity contribution in [3.8, 4) is 5.75 Å². The van der Waals surface area contributed by atoms with Gasteiger partial charge in [0.05, 0.1) is 12.7 Å². The van der Waals surface area contributed by atoms with Crippen molar-refractivity contribution in [1.82, 2.24) is 14.6 Å². The molecule has 0 spiro atoms. The molecule has 1 aromatic heterocycles. The van der Waals surface area contributed by atoms with E-state index in [-0.39, 0.29) is 11.9 Å². The zero-order valence-electron chi connectivity index (χ0n) is 20.2. The molecule has 1 aliphatic rings. The number of hydrogen-bond donors (Lipinski definition) is 3. The highest BCUT2D eigenvalue weighted by Crippen LogP contribution is 2.47. The van der Waals surface area contributed by atoms with Crippen LogP contribution in [0.15, 0.2) is 47.4 Å². The predicted molar refractivity (Wildman–Crippen MR) is 133 cm³/mol. The van der Waals surface area contributed by atoms with Crippen molar-refractivity contribution in [3.05, 3.63) is 53.1 Å². The van der Waals surface area contributed by atoms with E-state index in [0.29, 0.717) is 5.75 Å². The van der Waals surface area contributed by atoms with Gasteiger partial charge >= 0.3 is 18.3 Å². The van der Waals surface area contributed by atoms with Crippen LogP contribution in [-0.4, -0.2) is 57.3 Å². The molecule has 3 rings (SSSR count). The van der Waals surface area contributed by atoms with E-state index in [0.717, 1.165) is 11.5 Å². The van der Waals surface area contributed by atoms with Crippen LogP contribution in [0.25, 0.3) is 0 Å². The third kappa shape index (κ3) is 6.67. The van der Waals surface area contributed by atoms with Gasteiger partial charge in [0.15, 0.2) is 11.9 Å². The molecule has 1 saturated heterocycles. The van der Waals surface area contributed by atoms with E-state index >= 15 is 4.39 Å². The third-order valence-corrected chi connectivity index (χ3v) is 7.76. The number of carbonyl (C=O) groups is 1. The molecule has 6 atom stereocenters. The Kier molecular flexibility index (Phi) is 8.86. The van der Waals surface area contributed by atoms with Crippen LogP contribution in [0.1, 0.15) is 33.9 Å². The molecule has 0 saturated carbocycles. The number of carbonyl (C=O) groups excluding carboxylic acids is 1. The van der Waals surface area contributed by atoms with Crippen molar-refractivity contribution in [2.24, 2.45) is 0 Å². The van der Waals surface area contributed by atoms with Crippen LogP contribution >= 0.6 is 6.64 Å². The number of ether oxygens (including phenoxy) is 2. The molecule has 0 amide bonds. The van der Waals surface area contributed by atoms with Crippen molar-refractivity contribution < 1.29 is 32.8 Å². The number of nitrogens with two attached hydrogens (primary N) is 1. The molecule has 2 aromatic rings. The molecule has 0 aliphatic carbocycles. The van der Waals surface area contributed by atoms with Gasteiger partial charge < -0.3 is 29.4 Å². The maximum Gasteiger partial charge on any atom is 0.351 e. The zero-order chi connectivity index (χ0) is 26.7. The van der Waals surface area contributed by atoms with Crippen molar-refractivity contribution in [2.75, 3.05) is 12.3 Å². The molecule has 198 valence electrons. The smallest absolute Gasteiger partial charge is 0.351 e. The fourth-order valence-corrected chi connectivity index (χ4v) is 5.88. The van der Waals surface area contributed by atoms with Gasteiger partial charge in [-0.15, -0.1) is 0 Å². The fraction of sp³-hybridized carbons (Fsp3) is 0.500. The largest absolute Gasteiger partial charge is 0.462 e. The average Bonchev–Trinajstić information content (AvgIpc) is 3.01. The molecule has 4 N–H and O–H groups in total. The second-order valence-corrected chi connectivity index (χ2v) is 11.8. The van der Waals surface area contributed by atoms with Crippen LogP contribution in [0.5, 0.6) is 5.75 Å². The molecule has 0 radical (unpaired) electrons. The lowest BCUT2D eigenvalue weighted by Gasteiger charge is -2.28. The Bertz CT molecular complexity index is 1170. The number of benzene rings is 1. The molecule has 1 aromatic carbocycles. The lowest BCUT2D eigenvalue weighted by molar-refractivity contribution is -0.149. The van der Waals surface area contributed by atoms with Gasteiger partial charge in [-0.2, -0.15) is 4.98 Å². The van der Waals surface area contributed by atoms with Gasteiger partial charge in [0.2, 0.25) is 0 Å². The number of nitrogens with one attached hydrogen (secondary N) is 1. The Labute approximate surface area is 212 Å². The van der Waals surface area contributed by atoms with Crippen molar-refractivity contribution in [1.29, 1.82) is 0 Å². The first-order valence-corrected chi connectivity index (χ1v) is 13.8. The van der Waals surface area contributed by atoms with Gasteiger partial charge in [0.25, 0.3) is 0 Å². The summed E-state index contributed by atoms with van der Waals surface area (Å²) >= 11 is 5.62. The van der Waals surface area contributed by atoms with E-state index in [1.165, 1.54) is 12.3 Å². The summed E-state index contributed by atoms with van der Waals surface area (Å²) in [7, 11) is 0. The molecule has 14 heteroatoms. The Morgan fingerprint density at radius 2 is 2.03 bits per heavy atom. The standard InChI is InChI=1S/C22H30FN4O7PS/c1-13(2)32-19(29)14(3)26-35(36,34-15-8-6-5-7-9-15)31-12-16-18(28)22(4,23)20(33-16)27-11-10-17(24)25-21(27)30/h5-11,13-14,16,18,20,28H,12H2,1-4H3,(H,26,36)(H2,24,25,30)/t14?,16-,18+,20-,22-,35?/m1/s1. The average molecular weight is 545 g/mol. The number of nitrogen functional groups attached to an aromatic ring is 1. The van der Waals surface area contributed by atoms with Gasteiger partial charge in [-0.3, -0.25) is 9.36 Å². The number of nitrogens with zero attached hydrogens (tertiary/aromatic N) is 2. The lowest BCUT2D eigenvalue weighted by Crippen LogP contribution is -2.43. The minimum atomic E-state index is -3.45. The minimum absolute atomic E-state index is 0.0369. The SMILES string of the molecule is CC(C)OC(=O)C(C)NP(=S)(OC[C@H]1O[C@@H](n2ccc(N)nc2=O)[C@](C)(F)[C@H]1O)Oc1ccccc1. The van der Waals surface area contributed by atoms with Crippen LogP contribution in [0.2, 0.25) is 0 Å². The molecule has 2 unspecified atom stereocenters. The van der Waals surface area contributed by atoms with Crippen molar-refractivity contribution in [2.45, 2.75) is 63.9 Å². The number of rotatable bonds is 10. The van der Waals surface area contributed by atoms with Gasteiger partial charge in [-0.1, -0.05) is 18.2 Å². The zero-order valence-corrected chi connectivity index (χ0v) is 21.9. The highest BCUT2D eigenvalue weighted by atomic mass is 32.5. The Balaban J connectivity index is 1.79. The van der Waals surface area contributed by atoms with Gasteiger partial charge in [0, 0.05) is 6.20 Å². The maximum absolute atomic E-state index is 15.5. The Morgan fingerprint density at radius 1 is 1.36 bits per heavy atom. The number of para-hydroxylation sites is 1. The fourth-order valence-electron chi connectivity index (χ4n) is 3.46. The van der Waals surface area contributed by atoms with Crippen LogP contribution in [-0.2, 0) is 30.6 Å². The summed E-state index contributed by atoms with van der Waals surface area (Å²) in [5.41, 5.74) is 2.29. The van der Waals surface area contributed by atoms with E-state index in [1.807, 2.05) is 0 Å². The molecular formula is C22H30FN4O7PS. The van der Waals surface area contributed by atoms with E-state index in [9.17, 15) is 14.7 Å². The van der Waals surface area contributed by atoms with E-state index < -0.39 is 55.1 Å². The Morgan fingerprint density at radius 3 is 2.64 bits per heavy atom. The summed E-state index contributed by atoms with van der Waals surface area (Å²) in [4.78, 5) is 28.2. The summed E-state index contributed by atoms with van der Waals surface area (Å²) in [5, 5.41) is 13.5. The van der Waals surface area contributed by atoms with Gasteiger partial charge in [0.1, 0.15) is 29.8 Å². The van der Waals surface area contributed by atoms with Gasteiger partial charge in [-0.25, -0.2) is 14.3 Å². The summed E-state index contributed by atoms with van der Waals surface area (Å²) in [5.74, 6) is -0.230. The van der Waals surface area contributed by atoms with Crippen LogP contribution < -0.4 is 21.0 Å². The third-order valence-electron chi connectivity index (χ3n) is 5.26. The molecule has 1 fully saturated rings. The normalized spacial score (nSPS) is 26.4. The molecule has 0 bridgehead atoms. The van der Waals surface area contributed by atoms with Crippen LogP contribution in [0, 0.1) is 0 Å². The summed E-state index contributed by atoms with van der Waals surface area (Å²) in [6.07, 6.45) is -3.52. The number of aliphatic hydroxyl groups excluding tert-OH is 1. The second kappa shape index (κ2) is 11.3. The van der Waals surface area contributed by atoms with E-state index in [1.54, 1.807) is 51.1 Å². The first-order chi connectivity index (χ1) is 16.8. The van der Waals surface area contributed by atoms with E-state index in [4.69, 9.17) is 36.1 Å². The predicted octanol–water partition coefficient (Wildman–Crippen LogP) is 2.06. The summed E-state index contributed by atoms with van der Waals surface area (Å²) in [6.45, 7) is 2.21. The monoisotopic (exact) mass is 544 g/mol. The highest BCUT2D eigenvalue weighted by molar-refractivity contribution is 8.09. The molecule has 11 nitrogen and oxygen atoms in total. The summed E-state index contributed by atoms with van der Waals surface area (Å²) < 4.78 is 39.0. The number of anilines is 1. The minimum Gasteiger partial charge on any atom is -0.462 e. The van der Waals surface area contributed by atoms with E-state index in [2.05, 4.69) is 10.1 Å². The number of esters is 1. The first-order valence-electron chi connectivity index (χ1n) is 11.2. The number of aliphatic hydroxyl groups is 1. The Hall–Kier alpha value is -2.41. The number of hydrogen-bond acceptors (Lipinski definition) is 10. The van der Waals surface area contributed by atoms with Crippen LogP contribution in [0.3, 0.4) is 0 Å².